The molecule has 2 aromatic heterocycles. The highest BCUT2D eigenvalue weighted by Crippen LogP contribution is 2.25. The molecule has 3 aromatic rings. The van der Waals surface area contributed by atoms with Gasteiger partial charge in [0.15, 0.2) is 0 Å². The molecule has 0 unspecified atom stereocenters. The molecule has 90 valence electrons. The van der Waals surface area contributed by atoms with Crippen molar-refractivity contribution in [3.8, 4) is 11.3 Å². The van der Waals surface area contributed by atoms with Gasteiger partial charge in [-0.15, -0.1) is 0 Å². The first-order valence-corrected chi connectivity index (χ1v) is 5.93. The van der Waals surface area contributed by atoms with Gasteiger partial charge in [-0.05, 0) is 31.2 Å². The molecular weight excluding hydrogens is 251 g/mol. The van der Waals surface area contributed by atoms with Crippen molar-refractivity contribution in [3.05, 3.63) is 59.1 Å². The molecule has 0 aliphatic heterocycles. The zero-order chi connectivity index (χ0) is 12.7. The maximum absolute atomic E-state index is 13.2. The van der Waals surface area contributed by atoms with Crippen LogP contribution in [0.1, 0.15) is 5.69 Å². The molecule has 4 heteroatoms. The molecule has 0 saturated heterocycles. The molecule has 0 spiro atoms. The lowest BCUT2D eigenvalue weighted by atomic mass is 10.1. The van der Waals surface area contributed by atoms with Gasteiger partial charge in [0.25, 0.3) is 0 Å². The van der Waals surface area contributed by atoms with Gasteiger partial charge >= 0.3 is 0 Å². The fraction of sp³-hybridized carbons (Fsp3) is 0.0714. The van der Waals surface area contributed by atoms with Crippen LogP contribution >= 0.6 is 11.6 Å². The van der Waals surface area contributed by atoms with Crippen LogP contribution in [0.3, 0.4) is 0 Å². The smallest absolute Gasteiger partial charge is 0.139 e. The molecule has 0 aliphatic rings. The third-order valence-corrected chi connectivity index (χ3v) is 3.19. The van der Waals surface area contributed by atoms with Crippen molar-refractivity contribution in [2.75, 3.05) is 0 Å². The monoisotopic (exact) mass is 260 g/mol. The Morgan fingerprint density at radius 1 is 1.11 bits per heavy atom. The van der Waals surface area contributed by atoms with E-state index in [2.05, 4.69) is 4.98 Å². The fourth-order valence-corrected chi connectivity index (χ4v) is 2.14. The fourth-order valence-electron chi connectivity index (χ4n) is 2.02. The number of hydrogen-bond acceptors (Lipinski definition) is 1. The molecular formula is C14H10ClFN2. The van der Waals surface area contributed by atoms with Crippen LogP contribution in [0, 0.1) is 12.7 Å². The zero-order valence-corrected chi connectivity index (χ0v) is 10.4. The molecule has 2 nitrogen and oxygen atoms in total. The van der Waals surface area contributed by atoms with Crippen LogP contribution in [-0.2, 0) is 0 Å². The highest BCUT2D eigenvalue weighted by Gasteiger charge is 2.10. The predicted molar refractivity (Wildman–Crippen MR) is 70.3 cm³/mol. The highest BCUT2D eigenvalue weighted by atomic mass is 35.5. The van der Waals surface area contributed by atoms with Gasteiger partial charge in [-0.2, -0.15) is 0 Å². The van der Waals surface area contributed by atoms with Crippen LogP contribution < -0.4 is 0 Å². The summed E-state index contributed by atoms with van der Waals surface area (Å²) in [6.45, 7) is 1.92. The molecule has 3 rings (SSSR count). The predicted octanol–water partition coefficient (Wildman–Crippen LogP) is 4.10. The first-order valence-electron chi connectivity index (χ1n) is 5.55. The largest absolute Gasteiger partial charge is 0.301 e. The Morgan fingerprint density at radius 3 is 2.56 bits per heavy atom. The van der Waals surface area contributed by atoms with Crippen LogP contribution in [0.2, 0.25) is 5.02 Å². The SMILES string of the molecule is Cc1c(-c2ccc(Cl)cc2)nc2ccc(F)cn12. The quantitative estimate of drug-likeness (QED) is 0.644. The van der Waals surface area contributed by atoms with Crippen molar-refractivity contribution in [1.29, 1.82) is 0 Å². The molecule has 0 fully saturated rings. The van der Waals surface area contributed by atoms with E-state index in [4.69, 9.17) is 11.6 Å². The first-order chi connectivity index (χ1) is 8.65. The van der Waals surface area contributed by atoms with Crippen molar-refractivity contribution >= 4 is 17.2 Å². The summed E-state index contributed by atoms with van der Waals surface area (Å²) < 4.78 is 15.0. The van der Waals surface area contributed by atoms with Gasteiger partial charge in [-0.1, -0.05) is 23.7 Å². The lowest BCUT2D eigenvalue weighted by molar-refractivity contribution is 0.618. The first kappa shape index (κ1) is 11.2. The molecule has 2 heterocycles. The number of hydrogen-bond donors (Lipinski definition) is 0. The molecule has 0 bridgehead atoms. The number of rotatable bonds is 1. The average Bonchev–Trinajstić information content (AvgIpc) is 2.68. The Bertz CT molecular complexity index is 716. The highest BCUT2D eigenvalue weighted by molar-refractivity contribution is 6.30. The topological polar surface area (TPSA) is 17.3 Å². The van der Waals surface area contributed by atoms with Crippen LogP contribution in [0.15, 0.2) is 42.6 Å². The Balaban J connectivity index is 2.23. The zero-order valence-electron chi connectivity index (χ0n) is 9.69. The van der Waals surface area contributed by atoms with E-state index < -0.39 is 0 Å². The van der Waals surface area contributed by atoms with Crippen molar-refractivity contribution in [3.63, 3.8) is 0 Å². The second kappa shape index (κ2) is 4.10. The Kier molecular flexibility index (Phi) is 2.56. The summed E-state index contributed by atoms with van der Waals surface area (Å²) in [5.41, 5.74) is 3.46. The Morgan fingerprint density at radius 2 is 1.83 bits per heavy atom. The molecule has 0 radical (unpaired) electrons. The minimum Gasteiger partial charge on any atom is -0.301 e. The van der Waals surface area contributed by atoms with Gasteiger partial charge < -0.3 is 4.40 Å². The molecule has 0 amide bonds. The van der Waals surface area contributed by atoms with Crippen molar-refractivity contribution < 1.29 is 4.39 Å². The van der Waals surface area contributed by atoms with E-state index in [0.717, 1.165) is 22.6 Å². The maximum atomic E-state index is 13.2. The normalized spacial score (nSPS) is 11.1. The number of fused-ring (bicyclic) bond motifs is 1. The van der Waals surface area contributed by atoms with Gasteiger partial charge in [0, 0.05) is 22.5 Å². The Labute approximate surface area is 109 Å². The van der Waals surface area contributed by atoms with Crippen LogP contribution in [0.4, 0.5) is 4.39 Å². The van der Waals surface area contributed by atoms with E-state index >= 15 is 0 Å². The van der Waals surface area contributed by atoms with E-state index in [1.807, 2.05) is 31.2 Å². The van der Waals surface area contributed by atoms with Gasteiger partial charge in [-0.3, -0.25) is 0 Å². The standard InChI is InChI=1S/C14H10ClFN2/c1-9-14(10-2-4-11(15)5-3-10)17-13-7-6-12(16)8-18(9)13/h2-8H,1H3. The number of pyridine rings is 1. The van der Waals surface area contributed by atoms with Crippen LogP contribution in [0.5, 0.6) is 0 Å². The third-order valence-electron chi connectivity index (χ3n) is 2.94. The van der Waals surface area contributed by atoms with Crippen LogP contribution in [0.25, 0.3) is 16.9 Å². The molecule has 0 saturated carbocycles. The van der Waals surface area contributed by atoms with Crippen LogP contribution in [-0.4, -0.2) is 9.38 Å². The number of imidazole rings is 1. The lowest BCUT2D eigenvalue weighted by Crippen LogP contribution is -1.89. The summed E-state index contributed by atoms with van der Waals surface area (Å²) in [7, 11) is 0. The molecule has 1 aromatic carbocycles. The third kappa shape index (κ3) is 1.77. The number of halogens is 2. The average molecular weight is 261 g/mol. The van der Waals surface area contributed by atoms with Gasteiger partial charge in [-0.25, -0.2) is 9.37 Å². The molecule has 0 N–H and O–H groups in total. The number of nitrogens with zero attached hydrogens (tertiary/aromatic N) is 2. The van der Waals surface area contributed by atoms with E-state index in [9.17, 15) is 4.39 Å². The number of aromatic nitrogens is 2. The summed E-state index contributed by atoms with van der Waals surface area (Å²) in [4.78, 5) is 4.51. The molecule has 0 aliphatic carbocycles. The minimum atomic E-state index is -0.273. The maximum Gasteiger partial charge on any atom is 0.139 e. The van der Waals surface area contributed by atoms with Gasteiger partial charge in [0.1, 0.15) is 11.5 Å². The Hall–Kier alpha value is -1.87. The summed E-state index contributed by atoms with van der Waals surface area (Å²) in [6, 6.07) is 10.5. The number of aryl methyl sites for hydroxylation is 1. The second-order valence-corrected chi connectivity index (χ2v) is 4.56. The van der Waals surface area contributed by atoms with E-state index in [1.54, 1.807) is 10.5 Å². The summed E-state index contributed by atoms with van der Waals surface area (Å²) >= 11 is 5.86. The lowest BCUT2D eigenvalue weighted by Gasteiger charge is -1.99. The molecule has 18 heavy (non-hydrogen) atoms. The second-order valence-electron chi connectivity index (χ2n) is 4.13. The number of benzene rings is 1. The van der Waals surface area contributed by atoms with E-state index in [0.29, 0.717) is 5.02 Å². The van der Waals surface area contributed by atoms with Gasteiger partial charge in [0.2, 0.25) is 0 Å². The van der Waals surface area contributed by atoms with E-state index in [1.165, 1.54) is 12.3 Å². The summed E-state index contributed by atoms with van der Waals surface area (Å²) in [6.07, 6.45) is 1.44. The van der Waals surface area contributed by atoms with Crippen molar-refractivity contribution in [2.24, 2.45) is 0 Å². The minimum absolute atomic E-state index is 0.273. The van der Waals surface area contributed by atoms with Gasteiger partial charge in [0.05, 0.1) is 5.69 Å². The summed E-state index contributed by atoms with van der Waals surface area (Å²) in [5, 5.41) is 0.686. The molecule has 0 atom stereocenters. The van der Waals surface area contributed by atoms with E-state index in [-0.39, 0.29) is 5.82 Å². The summed E-state index contributed by atoms with van der Waals surface area (Å²) in [5.74, 6) is -0.273. The van der Waals surface area contributed by atoms with Crippen molar-refractivity contribution in [2.45, 2.75) is 6.92 Å². The van der Waals surface area contributed by atoms with Crippen molar-refractivity contribution in [1.82, 2.24) is 9.38 Å².